The summed E-state index contributed by atoms with van der Waals surface area (Å²) in [6, 6.07) is 4.22. The van der Waals surface area contributed by atoms with Gasteiger partial charge in [0.15, 0.2) is 9.84 Å². The first-order chi connectivity index (χ1) is 8.42. The van der Waals surface area contributed by atoms with Crippen LogP contribution >= 0.6 is 0 Å². The number of aromatic carboxylic acids is 1. The Morgan fingerprint density at radius 1 is 1.44 bits per heavy atom. The van der Waals surface area contributed by atoms with Crippen LogP contribution in [0.4, 0.5) is 0 Å². The fraction of sp³-hybridized carbons (Fsp3) is 0.308. The van der Waals surface area contributed by atoms with Gasteiger partial charge in [0.05, 0.1) is 16.2 Å². The average molecular weight is 268 g/mol. The molecule has 0 saturated carbocycles. The number of sulfone groups is 1. The lowest BCUT2D eigenvalue weighted by atomic mass is 10.1. The summed E-state index contributed by atoms with van der Waals surface area (Å²) < 4.78 is 24.2. The van der Waals surface area contributed by atoms with Gasteiger partial charge in [-0.2, -0.15) is 0 Å². The SMILES string of the molecule is C=CCCS(=O)(=O)c1cc(C(=O)O)ccc1CC. The quantitative estimate of drug-likeness (QED) is 0.803. The summed E-state index contributed by atoms with van der Waals surface area (Å²) in [5.74, 6) is -1.18. The molecule has 0 spiro atoms. The lowest BCUT2D eigenvalue weighted by molar-refractivity contribution is 0.0696. The van der Waals surface area contributed by atoms with Gasteiger partial charge in [-0.15, -0.1) is 6.58 Å². The Hall–Kier alpha value is -1.62. The Morgan fingerprint density at radius 2 is 2.11 bits per heavy atom. The van der Waals surface area contributed by atoms with Crippen molar-refractivity contribution in [2.75, 3.05) is 5.75 Å². The Morgan fingerprint density at radius 3 is 2.61 bits per heavy atom. The van der Waals surface area contributed by atoms with E-state index in [1.165, 1.54) is 18.2 Å². The van der Waals surface area contributed by atoms with Gasteiger partial charge in [0, 0.05) is 0 Å². The smallest absolute Gasteiger partial charge is 0.335 e. The first-order valence-corrected chi connectivity index (χ1v) is 7.27. The molecule has 0 heterocycles. The number of carboxylic acid groups (broad SMARTS) is 1. The van der Waals surface area contributed by atoms with Gasteiger partial charge >= 0.3 is 5.97 Å². The van der Waals surface area contributed by atoms with E-state index in [0.717, 1.165) is 0 Å². The molecule has 0 bridgehead atoms. The molecule has 1 N–H and O–H groups in total. The van der Waals surface area contributed by atoms with E-state index in [1.807, 2.05) is 6.92 Å². The van der Waals surface area contributed by atoms with Gasteiger partial charge in [0.2, 0.25) is 0 Å². The van der Waals surface area contributed by atoms with Gasteiger partial charge in [0.1, 0.15) is 0 Å². The molecule has 1 aromatic carbocycles. The van der Waals surface area contributed by atoms with Crippen LogP contribution in [-0.2, 0) is 16.3 Å². The molecule has 0 aliphatic carbocycles. The zero-order valence-corrected chi connectivity index (χ0v) is 11.0. The van der Waals surface area contributed by atoms with Crippen molar-refractivity contribution in [3.8, 4) is 0 Å². The third-order valence-corrected chi connectivity index (χ3v) is 4.44. The van der Waals surface area contributed by atoms with Crippen LogP contribution in [0.2, 0.25) is 0 Å². The van der Waals surface area contributed by atoms with Crippen molar-refractivity contribution in [3.05, 3.63) is 42.0 Å². The maximum Gasteiger partial charge on any atom is 0.335 e. The molecule has 4 nitrogen and oxygen atoms in total. The van der Waals surface area contributed by atoms with Crippen molar-refractivity contribution in [3.63, 3.8) is 0 Å². The number of rotatable bonds is 6. The molecule has 0 aromatic heterocycles. The second-order valence-corrected chi connectivity index (χ2v) is 5.96. The first kappa shape index (κ1) is 14.4. The molecule has 5 heteroatoms. The van der Waals surface area contributed by atoms with Crippen molar-refractivity contribution in [2.45, 2.75) is 24.7 Å². The number of carboxylic acids is 1. The Labute approximate surface area is 107 Å². The van der Waals surface area contributed by atoms with Crippen LogP contribution in [0, 0.1) is 0 Å². The van der Waals surface area contributed by atoms with Crippen molar-refractivity contribution in [1.29, 1.82) is 0 Å². The number of hydrogen-bond acceptors (Lipinski definition) is 3. The zero-order chi connectivity index (χ0) is 13.8. The Balaban J connectivity index is 3.31. The number of carbonyl (C=O) groups is 1. The number of allylic oxidation sites excluding steroid dienone is 1. The second kappa shape index (κ2) is 5.82. The van der Waals surface area contributed by atoms with Crippen LogP contribution in [0.15, 0.2) is 35.7 Å². The van der Waals surface area contributed by atoms with E-state index in [-0.39, 0.29) is 16.2 Å². The third kappa shape index (κ3) is 3.20. The van der Waals surface area contributed by atoms with Crippen LogP contribution in [0.3, 0.4) is 0 Å². The van der Waals surface area contributed by atoms with Crippen LogP contribution in [0.25, 0.3) is 0 Å². The molecule has 0 amide bonds. The van der Waals surface area contributed by atoms with Crippen LogP contribution in [-0.4, -0.2) is 25.2 Å². The van der Waals surface area contributed by atoms with Gasteiger partial charge < -0.3 is 5.11 Å². The monoisotopic (exact) mass is 268 g/mol. The summed E-state index contributed by atoms with van der Waals surface area (Å²) in [7, 11) is -3.46. The fourth-order valence-electron chi connectivity index (χ4n) is 1.62. The van der Waals surface area contributed by atoms with Crippen LogP contribution in [0.5, 0.6) is 0 Å². The minimum atomic E-state index is -3.46. The Bertz CT molecular complexity index is 558. The lowest BCUT2D eigenvalue weighted by Crippen LogP contribution is -2.10. The number of hydrogen-bond donors (Lipinski definition) is 1. The van der Waals surface area contributed by atoms with Gasteiger partial charge in [-0.05, 0) is 30.5 Å². The summed E-state index contributed by atoms with van der Waals surface area (Å²) in [5.41, 5.74) is 0.633. The highest BCUT2D eigenvalue weighted by Crippen LogP contribution is 2.20. The Kier molecular flexibility index (Phi) is 4.67. The largest absolute Gasteiger partial charge is 0.478 e. The standard InChI is InChI=1S/C13H16O4S/c1-3-5-8-18(16,17)12-9-11(13(14)15)7-6-10(12)4-2/h3,6-7,9H,1,4-5,8H2,2H3,(H,14,15). The highest BCUT2D eigenvalue weighted by Gasteiger charge is 2.19. The summed E-state index contributed by atoms with van der Waals surface area (Å²) in [4.78, 5) is 11.0. The molecule has 1 aromatic rings. The molecule has 0 aliphatic rings. The van der Waals surface area contributed by atoms with Crippen molar-refractivity contribution in [2.24, 2.45) is 0 Å². The van der Waals surface area contributed by atoms with E-state index >= 15 is 0 Å². The maximum atomic E-state index is 12.1. The van der Waals surface area contributed by atoms with E-state index < -0.39 is 15.8 Å². The molecule has 0 radical (unpaired) electrons. The minimum absolute atomic E-state index is 0.00984. The van der Waals surface area contributed by atoms with E-state index in [0.29, 0.717) is 18.4 Å². The number of aryl methyl sites for hydroxylation is 1. The topological polar surface area (TPSA) is 71.4 Å². The van der Waals surface area contributed by atoms with Crippen LogP contribution < -0.4 is 0 Å². The molecule has 18 heavy (non-hydrogen) atoms. The van der Waals surface area contributed by atoms with Gasteiger partial charge in [0.25, 0.3) is 0 Å². The highest BCUT2D eigenvalue weighted by atomic mass is 32.2. The summed E-state index contributed by atoms with van der Waals surface area (Å²) >= 11 is 0. The molecule has 0 fully saturated rings. The van der Waals surface area contributed by atoms with E-state index in [4.69, 9.17) is 5.11 Å². The molecule has 0 atom stereocenters. The van der Waals surface area contributed by atoms with Gasteiger partial charge in [-0.3, -0.25) is 0 Å². The highest BCUT2D eigenvalue weighted by molar-refractivity contribution is 7.91. The lowest BCUT2D eigenvalue weighted by Gasteiger charge is -2.09. The first-order valence-electron chi connectivity index (χ1n) is 5.62. The predicted molar refractivity (Wildman–Crippen MR) is 69.6 cm³/mol. The molecule has 0 unspecified atom stereocenters. The van der Waals surface area contributed by atoms with Gasteiger partial charge in [-0.25, -0.2) is 13.2 Å². The molecule has 98 valence electrons. The van der Waals surface area contributed by atoms with Crippen molar-refractivity contribution in [1.82, 2.24) is 0 Å². The number of benzene rings is 1. The van der Waals surface area contributed by atoms with Crippen molar-refractivity contribution >= 4 is 15.8 Å². The van der Waals surface area contributed by atoms with E-state index in [9.17, 15) is 13.2 Å². The van der Waals surface area contributed by atoms with Crippen LogP contribution in [0.1, 0.15) is 29.3 Å². The fourth-order valence-corrected chi connectivity index (χ4v) is 3.23. The molecular weight excluding hydrogens is 252 g/mol. The normalized spacial score (nSPS) is 11.2. The maximum absolute atomic E-state index is 12.1. The predicted octanol–water partition coefficient (Wildman–Crippen LogP) is 2.30. The summed E-state index contributed by atoms with van der Waals surface area (Å²) in [5, 5.41) is 8.90. The average Bonchev–Trinajstić information content (AvgIpc) is 2.35. The molecule has 0 aliphatic heterocycles. The summed E-state index contributed by atoms with van der Waals surface area (Å²) in [6.07, 6.45) is 2.43. The zero-order valence-electron chi connectivity index (χ0n) is 10.2. The van der Waals surface area contributed by atoms with Gasteiger partial charge in [-0.1, -0.05) is 19.1 Å². The molecular formula is C13H16O4S. The third-order valence-electron chi connectivity index (χ3n) is 2.62. The summed E-state index contributed by atoms with van der Waals surface area (Å²) in [6.45, 7) is 5.32. The van der Waals surface area contributed by atoms with Crippen molar-refractivity contribution < 1.29 is 18.3 Å². The minimum Gasteiger partial charge on any atom is -0.478 e. The van der Waals surface area contributed by atoms with E-state index in [1.54, 1.807) is 6.07 Å². The second-order valence-electron chi connectivity index (χ2n) is 3.88. The van der Waals surface area contributed by atoms with E-state index in [2.05, 4.69) is 6.58 Å². The molecule has 0 saturated heterocycles. The molecule has 1 rings (SSSR count).